The lowest BCUT2D eigenvalue weighted by Gasteiger charge is -2.17. The Kier molecular flexibility index (Phi) is 5.80. The van der Waals surface area contributed by atoms with Gasteiger partial charge in [0.25, 0.3) is 5.56 Å². The zero-order chi connectivity index (χ0) is 22.8. The summed E-state index contributed by atoms with van der Waals surface area (Å²) in [6.45, 7) is 2.74. The Balaban J connectivity index is 1.40. The molecule has 2 heterocycles. The molecule has 0 fully saturated rings. The van der Waals surface area contributed by atoms with Crippen LogP contribution in [0.2, 0.25) is 0 Å². The Labute approximate surface area is 196 Å². The second-order valence-corrected chi connectivity index (χ2v) is 9.54. The molecule has 33 heavy (non-hydrogen) atoms. The van der Waals surface area contributed by atoms with Crippen molar-refractivity contribution in [2.45, 2.75) is 32.8 Å². The van der Waals surface area contributed by atoms with E-state index in [4.69, 9.17) is 4.74 Å². The van der Waals surface area contributed by atoms with Gasteiger partial charge in [0.2, 0.25) is 0 Å². The molecule has 0 saturated carbocycles. The number of nitriles is 1. The molecule has 1 aliphatic rings. The first-order chi connectivity index (χ1) is 16.1. The Morgan fingerprint density at radius 2 is 2.03 bits per heavy atom. The summed E-state index contributed by atoms with van der Waals surface area (Å²) in [4.78, 5) is 22.4. The zero-order valence-corrected chi connectivity index (χ0v) is 19.1. The summed E-state index contributed by atoms with van der Waals surface area (Å²) in [6.07, 6.45) is 4.74. The predicted molar refractivity (Wildman–Crippen MR) is 132 cm³/mol. The smallest absolute Gasteiger partial charge is 0.260 e. The average Bonchev–Trinajstić information content (AvgIpc) is 3.20. The van der Waals surface area contributed by atoms with Crippen LogP contribution >= 0.6 is 11.3 Å². The molecule has 1 N–H and O–H groups in total. The van der Waals surface area contributed by atoms with Crippen molar-refractivity contribution in [3.63, 3.8) is 0 Å². The molecular formula is C27H23N3O2S. The molecule has 0 saturated heterocycles. The van der Waals surface area contributed by atoms with Crippen LogP contribution in [0.25, 0.3) is 21.9 Å². The molecule has 164 valence electrons. The van der Waals surface area contributed by atoms with Gasteiger partial charge in [-0.1, -0.05) is 49.4 Å². The molecule has 1 atom stereocenters. The van der Waals surface area contributed by atoms with Crippen LogP contribution in [0, 0.1) is 17.2 Å². The van der Waals surface area contributed by atoms with E-state index in [0.717, 1.165) is 46.5 Å². The van der Waals surface area contributed by atoms with Crippen LogP contribution in [0.3, 0.4) is 0 Å². The third-order valence-electron chi connectivity index (χ3n) is 5.98. The topological polar surface area (TPSA) is 78.8 Å². The summed E-state index contributed by atoms with van der Waals surface area (Å²) in [5.74, 6) is 1.69. The average molecular weight is 454 g/mol. The number of allylic oxidation sites excluding steroid dienone is 1. The molecule has 0 bridgehead atoms. The van der Waals surface area contributed by atoms with E-state index in [1.54, 1.807) is 17.4 Å². The fourth-order valence-corrected chi connectivity index (χ4v) is 5.58. The van der Waals surface area contributed by atoms with Gasteiger partial charge in [-0.3, -0.25) is 4.79 Å². The highest BCUT2D eigenvalue weighted by molar-refractivity contribution is 7.18. The van der Waals surface area contributed by atoms with Crippen LogP contribution in [0.1, 0.15) is 40.7 Å². The van der Waals surface area contributed by atoms with Crippen LogP contribution in [0.5, 0.6) is 5.75 Å². The zero-order valence-electron chi connectivity index (χ0n) is 18.3. The number of hydrogen-bond donors (Lipinski definition) is 1. The normalized spacial score (nSPS) is 15.8. The number of benzene rings is 2. The monoisotopic (exact) mass is 453 g/mol. The maximum atomic E-state index is 12.9. The van der Waals surface area contributed by atoms with Gasteiger partial charge in [0.1, 0.15) is 23.3 Å². The maximum Gasteiger partial charge on any atom is 0.260 e. The van der Waals surface area contributed by atoms with Crippen molar-refractivity contribution in [3.05, 3.63) is 92.3 Å². The number of nitrogens with one attached hydrogen (secondary N) is 1. The molecule has 0 radical (unpaired) electrons. The molecule has 4 aromatic rings. The van der Waals surface area contributed by atoms with Crippen LogP contribution in [0.4, 0.5) is 0 Å². The lowest BCUT2D eigenvalue weighted by molar-refractivity contribution is 0.306. The summed E-state index contributed by atoms with van der Waals surface area (Å²) >= 11 is 1.59. The summed E-state index contributed by atoms with van der Waals surface area (Å²) < 4.78 is 5.83. The standard InChI is InChI=1S/C27H23N3O2S/c1-17-7-12-22-23(13-17)33-27-24(22)26(31)29-25(30-27)20(15-28)14-18-8-10-21(11-9-18)32-16-19-5-3-2-4-6-19/h2-6,8-11,14,17H,7,12-13,16H2,1H3,(H,29,30,31)/b20-14+. The molecule has 5 nitrogen and oxygen atoms in total. The molecule has 1 aliphatic carbocycles. The van der Waals surface area contributed by atoms with Crippen molar-refractivity contribution >= 4 is 33.2 Å². The van der Waals surface area contributed by atoms with Crippen molar-refractivity contribution in [2.24, 2.45) is 5.92 Å². The van der Waals surface area contributed by atoms with E-state index in [1.807, 2.05) is 54.6 Å². The summed E-state index contributed by atoms with van der Waals surface area (Å²) in [7, 11) is 0. The fourth-order valence-electron chi connectivity index (χ4n) is 4.20. The minimum Gasteiger partial charge on any atom is -0.489 e. The van der Waals surface area contributed by atoms with Gasteiger partial charge in [0.05, 0.1) is 11.0 Å². The van der Waals surface area contributed by atoms with Crippen LogP contribution in [-0.4, -0.2) is 9.97 Å². The summed E-state index contributed by atoms with van der Waals surface area (Å²) in [6, 6.07) is 19.7. The number of nitrogens with zero attached hydrogens (tertiary/aromatic N) is 2. The minimum atomic E-state index is -0.159. The van der Waals surface area contributed by atoms with E-state index >= 15 is 0 Å². The van der Waals surface area contributed by atoms with Crippen molar-refractivity contribution in [3.8, 4) is 11.8 Å². The number of hydrogen-bond acceptors (Lipinski definition) is 5. The van der Waals surface area contributed by atoms with Crippen molar-refractivity contribution in [2.75, 3.05) is 0 Å². The second kappa shape index (κ2) is 9.05. The third-order valence-corrected chi connectivity index (χ3v) is 7.13. The molecular weight excluding hydrogens is 430 g/mol. The number of aromatic nitrogens is 2. The number of fused-ring (bicyclic) bond motifs is 3. The summed E-state index contributed by atoms with van der Waals surface area (Å²) in [5.41, 5.74) is 3.24. The van der Waals surface area contributed by atoms with E-state index < -0.39 is 0 Å². The number of aromatic amines is 1. The quantitative estimate of drug-likeness (QED) is 0.390. The number of H-pyrrole nitrogens is 1. The lowest BCUT2D eigenvalue weighted by atomic mass is 9.89. The first-order valence-corrected chi connectivity index (χ1v) is 11.9. The van der Waals surface area contributed by atoms with E-state index in [1.165, 1.54) is 4.88 Å². The van der Waals surface area contributed by atoms with Gasteiger partial charge in [0.15, 0.2) is 5.82 Å². The van der Waals surface area contributed by atoms with E-state index in [9.17, 15) is 10.1 Å². The van der Waals surface area contributed by atoms with Gasteiger partial charge in [0, 0.05) is 4.88 Å². The lowest BCUT2D eigenvalue weighted by Crippen LogP contribution is -2.14. The van der Waals surface area contributed by atoms with Gasteiger partial charge < -0.3 is 9.72 Å². The molecule has 2 aromatic heterocycles. The third kappa shape index (κ3) is 4.46. The number of aryl methyl sites for hydroxylation is 1. The summed E-state index contributed by atoms with van der Waals surface area (Å²) in [5, 5.41) is 10.5. The van der Waals surface area contributed by atoms with Crippen LogP contribution in [0.15, 0.2) is 59.4 Å². The van der Waals surface area contributed by atoms with E-state index in [2.05, 4.69) is 23.0 Å². The van der Waals surface area contributed by atoms with Crippen LogP contribution < -0.4 is 10.3 Å². The van der Waals surface area contributed by atoms with Gasteiger partial charge in [-0.25, -0.2) is 4.98 Å². The molecule has 0 amide bonds. The number of rotatable bonds is 5. The highest BCUT2D eigenvalue weighted by Gasteiger charge is 2.23. The molecule has 2 aromatic carbocycles. The first kappa shape index (κ1) is 21.2. The first-order valence-electron chi connectivity index (χ1n) is 11.0. The second-order valence-electron chi connectivity index (χ2n) is 8.46. The minimum absolute atomic E-state index is 0.159. The fraction of sp³-hybridized carbons (Fsp3) is 0.222. The maximum absolute atomic E-state index is 12.9. The van der Waals surface area contributed by atoms with E-state index in [-0.39, 0.29) is 5.56 Å². The van der Waals surface area contributed by atoms with Crippen molar-refractivity contribution in [1.29, 1.82) is 5.26 Å². The largest absolute Gasteiger partial charge is 0.489 e. The van der Waals surface area contributed by atoms with Gasteiger partial charge >= 0.3 is 0 Å². The van der Waals surface area contributed by atoms with Crippen LogP contribution in [-0.2, 0) is 19.4 Å². The Morgan fingerprint density at radius 1 is 1.24 bits per heavy atom. The molecule has 5 rings (SSSR count). The van der Waals surface area contributed by atoms with Gasteiger partial charge in [-0.05, 0) is 60.1 Å². The number of thiophene rings is 1. The van der Waals surface area contributed by atoms with Gasteiger partial charge in [-0.2, -0.15) is 5.26 Å². The van der Waals surface area contributed by atoms with Crippen molar-refractivity contribution < 1.29 is 4.74 Å². The van der Waals surface area contributed by atoms with E-state index in [0.29, 0.717) is 29.3 Å². The Hall–Kier alpha value is -3.69. The Morgan fingerprint density at radius 3 is 2.79 bits per heavy atom. The molecule has 0 spiro atoms. The SMILES string of the molecule is CC1CCc2c(sc3nc(/C(C#N)=C/c4ccc(OCc5ccccc5)cc4)[nH]c(=O)c23)C1. The van der Waals surface area contributed by atoms with Gasteiger partial charge in [-0.15, -0.1) is 11.3 Å². The molecule has 1 unspecified atom stereocenters. The predicted octanol–water partition coefficient (Wildman–Crippen LogP) is 5.75. The highest BCUT2D eigenvalue weighted by atomic mass is 32.1. The number of ether oxygens (including phenoxy) is 1. The molecule has 6 heteroatoms. The molecule has 0 aliphatic heterocycles. The van der Waals surface area contributed by atoms with Crippen molar-refractivity contribution in [1.82, 2.24) is 9.97 Å². The Bertz CT molecular complexity index is 1430. The highest BCUT2D eigenvalue weighted by Crippen LogP contribution is 2.36.